The van der Waals surface area contributed by atoms with E-state index < -0.39 is 61.0 Å². The lowest BCUT2D eigenvalue weighted by Gasteiger charge is -2.42. The van der Waals surface area contributed by atoms with E-state index in [-0.39, 0.29) is 52.1 Å². The minimum Gasteiger partial charge on any atom is -0.388 e. The highest BCUT2D eigenvalue weighted by Crippen LogP contribution is 2.27. The summed E-state index contributed by atoms with van der Waals surface area (Å²) in [7, 11) is 0. The second-order valence-electron chi connectivity index (χ2n) is 10.5. The van der Waals surface area contributed by atoms with Gasteiger partial charge in [-0.3, -0.25) is 0 Å². The first kappa shape index (κ1) is 37.8. The SMILES string of the molecule is C.C.CC(C)OC[C@H]1O[C@@H](C(C)C)[C@H](O)[C@@H](O)[C@@H]1O.CC(C)OC[C@H]1O[C@H](C(C)C)[C@H](O)[C@@H](O)[C@@H]1O. The lowest BCUT2D eigenvalue weighted by atomic mass is 9.89. The fraction of sp³-hybridized carbons (Fsp3) is 1.00. The molecular weight excluding hydrogens is 472 g/mol. The maximum atomic E-state index is 9.81. The van der Waals surface area contributed by atoms with Crippen LogP contribution in [0.5, 0.6) is 0 Å². The van der Waals surface area contributed by atoms with Crippen LogP contribution in [0, 0.1) is 11.8 Å². The molecule has 2 heterocycles. The van der Waals surface area contributed by atoms with Crippen molar-refractivity contribution in [3.05, 3.63) is 0 Å². The van der Waals surface area contributed by atoms with Crippen LogP contribution < -0.4 is 0 Å². The van der Waals surface area contributed by atoms with Gasteiger partial charge in [0.2, 0.25) is 0 Å². The Morgan fingerprint density at radius 1 is 0.500 bits per heavy atom. The summed E-state index contributed by atoms with van der Waals surface area (Å²) in [5, 5.41) is 58.7. The molecule has 0 unspecified atom stereocenters. The maximum absolute atomic E-state index is 9.81. The topological polar surface area (TPSA) is 158 Å². The van der Waals surface area contributed by atoms with Crippen LogP contribution in [0.3, 0.4) is 0 Å². The summed E-state index contributed by atoms with van der Waals surface area (Å²) >= 11 is 0. The van der Waals surface area contributed by atoms with E-state index in [1.165, 1.54) is 0 Å². The molecule has 2 saturated heterocycles. The van der Waals surface area contributed by atoms with E-state index in [4.69, 9.17) is 18.9 Å². The van der Waals surface area contributed by atoms with E-state index in [1.807, 2.05) is 55.4 Å². The van der Waals surface area contributed by atoms with Gasteiger partial charge in [0.05, 0.1) is 37.6 Å². The quantitative estimate of drug-likeness (QED) is 0.269. The number of hydrogen-bond acceptors (Lipinski definition) is 10. The van der Waals surface area contributed by atoms with Gasteiger partial charge in [0, 0.05) is 0 Å². The normalized spacial score (nSPS) is 36.8. The number of ether oxygens (including phenoxy) is 4. The van der Waals surface area contributed by atoms with E-state index in [9.17, 15) is 30.6 Å². The van der Waals surface area contributed by atoms with Crippen LogP contribution in [0.1, 0.15) is 70.2 Å². The Balaban J connectivity index is 0. The van der Waals surface area contributed by atoms with E-state index in [0.29, 0.717) is 0 Å². The van der Waals surface area contributed by atoms with Gasteiger partial charge in [-0.1, -0.05) is 42.5 Å². The summed E-state index contributed by atoms with van der Waals surface area (Å²) in [5.74, 6) is 0.127. The van der Waals surface area contributed by atoms with E-state index in [2.05, 4.69) is 0 Å². The van der Waals surface area contributed by atoms with Crippen LogP contribution in [-0.2, 0) is 18.9 Å². The largest absolute Gasteiger partial charge is 0.388 e. The molecular formula is C26H56O10. The molecule has 36 heavy (non-hydrogen) atoms. The Morgan fingerprint density at radius 2 is 0.778 bits per heavy atom. The Morgan fingerprint density at radius 3 is 1.00 bits per heavy atom. The van der Waals surface area contributed by atoms with Crippen molar-refractivity contribution in [1.29, 1.82) is 0 Å². The molecule has 0 bridgehead atoms. The third kappa shape index (κ3) is 10.8. The van der Waals surface area contributed by atoms with Crippen molar-refractivity contribution in [2.24, 2.45) is 11.8 Å². The number of aliphatic hydroxyl groups is 6. The van der Waals surface area contributed by atoms with Gasteiger partial charge in [-0.15, -0.1) is 0 Å². The Labute approximate surface area is 218 Å². The predicted octanol–water partition coefficient (Wildman–Crippen LogP) is 1.11. The molecule has 6 N–H and O–H groups in total. The van der Waals surface area contributed by atoms with Gasteiger partial charge in [-0.05, 0) is 39.5 Å². The first-order valence-corrected chi connectivity index (χ1v) is 12.3. The van der Waals surface area contributed by atoms with Crippen molar-refractivity contribution >= 4 is 0 Å². The van der Waals surface area contributed by atoms with Crippen molar-refractivity contribution in [2.75, 3.05) is 13.2 Å². The third-order valence-corrected chi connectivity index (χ3v) is 6.00. The summed E-state index contributed by atoms with van der Waals surface area (Å²) in [6.07, 6.45) is -8.78. The molecule has 10 atom stereocenters. The lowest BCUT2D eigenvalue weighted by molar-refractivity contribution is -0.243. The van der Waals surface area contributed by atoms with Crippen LogP contribution in [0.25, 0.3) is 0 Å². The van der Waals surface area contributed by atoms with Gasteiger partial charge in [0.25, 0.3) is 0 Å². The van der Waals surface area contributed by atoms with E-state index in [1.54, 1.807) is 0 Å². The second kappa shape index (κ2) is 17.2. The molecule has 2 fully saturated rings. The molecule has 2 aliphatic heterocycles. The lowest BCUT2D eigenvalue weighted by Crippen LogP contribution is -2.60. The van der Waals surface area contributed by atoms with Crippen molar-refractivity contribution in [1.82, 2.24) is 0 Å². The minimum atomic E-state index is -1.18. The molecule has 0 aromatic heterocycles. The van der Waals surface area contributed by atoms with Crippen LogP contribution in [0.2, 0.25) is 0 Å². The molecule has 220 valence electrons. The molecule has 0 aromatic rings. The summed E-state index contributed by atoms with van der Waals surface area (Å²) in [6.45, 7) is 15.6. The van der Waals surface area contributed by atoms with Gasteiger partial charge >= 0.3 is 0 Å². The van der Waals surface area contributed by atoms with Crippen molar-refractivity contribution in [3.63, 3.8) is 0 Å². The standard InChI is InChI=1S/2C12H24O5.2CH4/c2*1-6(2)12-11(15)10(14)9(13)8(17-12)5-16-7(3)4;;/h2*6-15H,5H2,1-4H3;2*1H4/t8-,9-,10+,11-,12+;8-,9-,10+,11-,12-;;/m11../s1. The molecule has 0 aliphatic carbocycles. The molecule has 0 amide bonds. The average molecular weight is 529 g/mol. The molecule has 2 rings (SSSR count). The van der Waals surface area contributed by atoms with Gasteiger partial charge in [-0.2, -0.15) is 0 Å². The fourth-order valence-electron chi connectivity index (χ4n) is 3.91. The number of hydrogen-bond donors (Lipinski definition) is 6. The Hall–Kier alpha value is -0.400. The first-order valence-electron chi connectivity index (χ1n) is 12.3. The van der Waals surface area contributed by atoms with Crippen LogP contribution in [-0.4, -0.2) is 117 Å². The minimum absolute atomic E-state index is 0. The summed E-state index contributed by atoms with van der Waals surface area (Å²) in [6, 6.07) is 0. The molecule has 0 radical (unpaired) electrons. The summed E-state index contributed by atoms with van der Waals surface area (Å²) in [5.41, 5.74) is 0. The fourth-order valence-corrected chi connectivity index (χ4v) is 3.91. The zero-order valence-corrected chi connectivity index (χ0v) is 21.8. The first-order chi connectivity index (χ1) is 15.7. The van der Waals surface area contributed by atoms with Gasteiger partial charge in [-0.25, -0.2) is 0 Å². The van der Waals surface area contributed by atoms with Gasteiger partial charge in [0.1, 0.15) is 48.8 Å². The number of aliphatic hydroxyl groups excluding tert-OH is 6. The average Bonchev–Trinajstić information content (AvgIpc) is 2.74. The predicted molar refractivity (Wildman–Crippen MR) is 139 cm³/mol. The highest BCUT2D eigenvalue weighted by molar-refractivity contribution is 4.94. The Bertz CT molecular complexity index is 511. The smallest absolute Gasteiger partial charge is 0.111 e. The monoisotopic (exact) mass is 528 g/mol. The summed E-state index contributed by atoms with van der Waals surface area (Å²) < 4.78 is 22.0. The molecule has 10 heteroatoms. The van der Waals surface area contributed by atoms with Crippen molar-refractivity contribution in [3.8, 4) is 0 Å². The van der Waals surface area contributed by atoms with Gasteiger partial charge < -0.3 is 49.6 Å². The third-order valence-electron chi connectivity index (χ3n) is 6.00. The highest BCUT2D eigenvalue weighted by Gasteiger charge is 2.45. The maximum Gasteiger partial charge on any atom is 0.111 e. The van der Waals surface area contributed by atoms with Crippen LogP contribution in [0.15, 0.2) is 0 Å². The van der Waals surface area contributed by atoms with Crippen molar-refractivity contribution < 1.29 is 49.6 Å². The summed E-state index contributed by atoms with van der Waals surface area (Å²) in [4.78, 5) is 0. The number of rotatable bonds is 8. The zero-order valence-electron chi connectivity index (χ0n) is 21.8. The molecule has 0 aromatic carbocycles. The van der Waals surface area contributed by atoms with Crippen LogP contribution in [0.4, 0.5) is 0 Å². The zero-order chi connectivity index (χ0) is 26.3. The van der Waals surface area contributed by atoms with E-state index in [0.717, 1.165) is 0 Å². The molecule has 0 spiro atoms. The molecule has 10 nitrogen and oxygen atoms in total. The Kier molecular flexibility index (Phi) is 18.1. The highest BCUT2D eigenvalue weighted by atomic mass is 16.6. The van der Waals surface area contributed by atoms with Crippen molar-refractivity contribution in [2.45, 2.75) is 143 Å². The second-order valence-corrected chi connectivity index (χ2v) is 10.5. The van der Waals surface area contributed by atoms with Crippen LogP contribution >= 0.6 is 0 Å². The molecule has 2 aliphatic rings. The molecule has 0 saturated carbocycles. The van der Waals surface area contributed by atoms with Gasteiger partial charge in [0.15, 0.2) is 0 Å². The van der Waals surface area contributed by atoms with E-state index >= 15 is 0 Å².